The molecule has 0 spiro atoms. The van der Waals surface area contributed by atoms with Crippen LogP contribution in [0.5, 0.6) is 0 Å². The van der Waals surface area contributed by atoms with Crippen LogP contribution in [0.3, 0.4) is 0 Å². The quantitative estimate of drug-likeness (QED) is 0.471. The standard InChI is InChI=1S/C13H13BrF2N2O3/c1-7-2-3-17(12(7)6-14)13(19)8-4-9(15)10(16)5-11(8)18(20)21/h4-5,7,12H,2-3,6H2,1H3. The summed E-state index contributed by atoms with van der Waals surface area (Å²) in [5, 5.41) is 11.5. The molecule has 2 unspecified atom stereocenters. The minimum absolute atomic E-state index is 0.120. The molecule has 5 nitrogen and oxygen atoms in total. The number of rotatable bonds is 3. The average molecular weight is 363 g/mol. The summed E-state index contributed by atoms with van der Waals surface area (Å²) < 4.78 is 26.5. The number of benzene rings is 1. The summed E-state index contributed by atoms with van der Waals surface area (Å²) >= 11 is 3.31. The zero-order valence-corrected chi connectivity index (χ0v) is 12.8. The number of carbonyl (C=O) groups excluding carboxylic acids is 1. The van der Waals surface area contributed by atoms with Crippen molar-refractivity contribution in [3.8, 4) is 0 Å². The number of nitro benzene ring substituents is 1. The monoisotopic (exact) mass is 362 g/mol. The number of hydrogen-bond acceptors (Lipinski definition) is 3. The van der Waals surface area contributed by atoms with Gasteiger partial charge in [-0.05, 0) is 18.4 Å². The molecular formula is C13H13BrF2N2O3. The molecule has 8 heteroatoms. The summed E-state index contributed by atoms with van der Waals surface area (Å²) in [4.78, 5) is 24.0. The van der Waals surface area contributed by atoms with E-state index < -0.39 is 33.7 Å². The molecule has 1 amide bonds. The predicted octanol–water partition coefficient (Wildman–Crippen LogP) is 3.12. The topological polar surface area (TPSA) is 63.5 Å². The van der Waals surface area contributed by atoms with Crippen molar-refractivity contribution in [1.29, 1.82) is 0 Å². The van der Waals surface area contributed by atoms with Gasteiger partial charge in [0.25, 0.3) is 11.6 Å². The van der Waals surface area contributed by atoms with E-state index in [2.05, 4.69) is 15.9 Å². The number of carbonyl (C=O) groups is 1. The zero-order valence-electron chi connectivity index (χ0n) is 11.2. The van der Waals surface area contributed by atoms with Gasteiger partial charge in [0.2, 0.25) is 0 Å². The SMILES string of the molecule is CC1CCN(C(=O)c2cc(F)c(F)cc2[N+](=O)[O-])C1CBr. The van der Waals surface area contributed by atoms with Crippen LogP contribution in [0.1, 0.15) is 23.7 Å². The van der Waals surface area contributed by atoms with Crippen molar-refractivity contribution in [2.24, 2.45) is 5.92 Å². The highest BCUT2D eigenvalue weighted by atomic mass is 79.9. The summed E-state index contributed by atoms with van der Waals surface area (Å²) in [6.45, 7) is 2.41. The predicted molar refractivity (Wildman–Crippen MR) is 75.4 cm³/mol. The Morgan fingerprint density at radius 2 is 2.10 bits per heavy atom. The second-order valence-electron chi connectivity index (χ2n) is 5.03. The molecule has 2 rings (SSSR count). The highest BCUT2D eigenvalue weighted by molar-refractivity contribution is 9.09. The Morgan fingerprint density at radius 3 is 2.67 bits per heavy atom. The maximum absolute atomic E-state index is 13.3. The van der Waals surface area contributed by atoms with E-state index in [1.165, 1.54) is 4.90 Å². The lowest BCUT2D eigenvalue weighted by Gasteiger charge is -2.25. The smallest absolute Gasteiger partial charge is 0.285 e. The van der Waals surface area contributed by atoms with E-state index in [-0.39, 0.29) is 12.0 Å². The van der Waals surface area contributed by atoms with Crippen LogP contribution in [0.2, 0.25) is 0 Å². The molecular weight excluding hydrogens is 350 g/mol. The normalized spacial score (nSPS) is 21.6. The molecule has 0 saturated carbocycles. The van der Waals surface area contributed by atoms with Crippen LogP contribution < -0.4 is 0 Å². The van der Waals surface area contributed by atoms with Crippen LogP contribution in [0.25, 0.3) is 0 Å². The first-order valence-electron chi connectivity index (χ1n) is 6.37. The second kappa shape index (κ2) is 6.05. The van der Waals surface area contributed by atoms with E-state index >= 15 is 0 Å². The van der Waals surface area contributed by atoms with Crippen molar-refractivity contribution in [1.82, 2.24) is 4.90 Å². The largest absolute Gasteiger partial charge is 0.334 e. The molecule has 114 valence electrons. The van der Waals surface area contributed by atoms with E-state index in [9.17, 15) is 23.7 Å². The molecule has 1 aromatic rings. The van der Waals surface area contributed by atoms with Gasteiger partial charge in [-0.25, -0.2) is 8.78 Å². The molecule has 21 heavy (non-hydrogen) atoms. The van der Waals surface area contributed by atoms with E-state index in [1.54, 1.807) is 0 Å². The van der Waals surface area contributed by atoms with Crippen molar-refractivity contribution < 1.29 is 18.5 Å². The van der Waals surface area contributed by atoms with Crippen molar-refractivity contribution in [2.45, 2.75) is 19.4 Å². The Kier molecular flexibility index (Phi) is 4.55. The molecule has 0 N–H and O–H groups in total. The molecule has 1 aliphatic heterocycles. The lowest BCUT2D eigenvalue weighted by molar-refractivity contribution is -0.385. The summed E-state index contributed by atoms with van der Waals surface area (Å²) in [5.74, 6) is -3.02. The van der Waals surface area contributed by atoms with Crippen LogP contribution in [-0.2, 0) is 0 Å². The Hall–Kier alpha value is -1.57. The van der Waals surface area contributed by atoms with Crippen LogP contribution in [0, 0.1) is 27.7 Å². The fourth-order valence-electron chi connectivity index (χ4n) is 2.51. The molecule has 1 saturated heterocycles. The lowest BCUT2D eigenvalue weighted by Crippen LogP contribution is -2.38. The lowest BCUT2D eigenvalue weighted by atomic mass is 10.0. The van der Waals surface area contributed by atoms with Gasteiger partial charge in [0.15, 0.2) is 11.6 Å². The first-order chi connectivity index (χ1) is 9.86. The van der Waals surface area contributed by atoms with Gasteiger partial charge in [-0.2, -0.15) is 0 Å². The minimum Gasteiger partial charge on any atom is -0.334 e. The third-order valence-corrected chi connectivity index (χ3v) is 4.43. The van der Waals surface area contributed by atoms with Crippen molar-refractivity contribution in [3.05, 3.63) is 39.4 Å². The van der Waals surface area contributed by atoms with Gasteiger partial charge in [-0.3, -0.25) is 14.9 Å². The maximum Gasteiger partial charge on any atom is 0.285 e. The minimum atomic E-state index is -1.34. The maximum atomic E-state index is 13.3. The Labute approximate surface area is 128 Å². The van der Waals surface area contributed by atoms with Crippen LogP contribution >= 0.6 is 15.9 Å². The molecule has 0 bridgehead atoms. The number of nitrogens with zero attached hydrogens (tertiary/aromatic N) is 2. The number of alkyl halides is 1. The van der Waals surface area contributed by atoms with Gasteiger partial charge in [0.05, 0.1) is 11.0 Å². The number of likely N-dealkylation sites (tertiary alicyclic amines) is 1. The van der Waals surface area contributed by atoms with Crippen LogP contribution in [0.15, 0.2) is 12.1 Å². The van der Waals surface area contributed by atoms with Crippen LogP contribution in [-0.4, -0.2) is 33.6 Å². The summed E-state index contributed by atoms with van der Waals surface area (Å²) in [6, 6.07) is 0.931. The fourth-order valence-corrected chi connectivity index (χ4v) is 3.50. The second-order valence-corrected chi connectivity index (χ2v) is 5.67. The molecule has 1 aliphatic rings. The Balaban J connectivity index is 2.44. The molecule has 1 fully saturated rings. The van der Waals surface area contributed by atoms with E-state index in [4.69, 9.17) is 0 Å². The third kappa shape index (κ3) is 2.90. The van der Waals surface area contributed by atoms with Gasteiger partial charge in [-0.1, -0.05) is 22.9 Å². The number of halogens is 3. The zero-order chi connectivity index (χ0) is 15.7. The Bertz CT molecular complexity index is 597. The molecule has 0 radical (unpaired) electrons. The van der Waals surface area contributed by atoms with Crippen molar-refractivity contribution >= 4 is 27.5 Å². The van der Waals surface area contributed by atoms with Gasteiger partial charge in [0, 0.05) is 17.9 Å². The molecule has 0 aromatic heterocycles. The summed E-state index contributed by atoms with van der Waals surface area (Å²) in [5.41, 5.74) is -1.13. The first kappa shape index (κ1) is 15.8. The summed E-state index contributed by atoms with van der Waals surface area (Å²) in [6.07, 6.45) is 0.763. The van der Waals surface area contributed by atoms with E-state index in [0.29, 0.717) is 24.0 Å². The van der Waals surface area contributed by atoms with Crippen molar-refractivity contribution in [2.75, 3.05) is 11.9 Å². The summed E-state index contributed by atoms with van der Waals surface area (Å²) in [7, 11) is 0. The highest BCUT2D eigenvalue weighted by Gasteiger charge is 2.37. The molecule has 1 heterocycles. The molecule has 1 aromatic carbocycles. The number of hydrogen-bond donors (Lipinski definition) is 0. The average Bonchev–Trinajstić information content (AvgIpc) is 2.81. The van der Waals surface area contributed by atoms with Gasteiger partial charge < -0.3 is 4.90 Å². The Morgan fingerprint density at radius 1 is 1.48 bits per heavy atom. The van der Waals surface area contributed by atoms with Gasteiger partial charge >= 0.3 is 0 Å². The van der Waals surface area contributed by atoms with Crippen LogP contribution in [0.4, 0.5) is 14.5 Å². The molecule has 0 aliphatic carbocycles. The first-order valence-corrected chi connectivity index (χ1v) is 7.49. The van der Waals surface area contributed by atoms with E-state index in [1.807, 2.05) is 6.92 Å². The van der Waals surface area contributed by atoms with Gasteiger partial charge in [-0.15, -0.1) is 0 Å². The molecule has 2 atom stereocenters. The highest BCUT2D eigenvalue weighted by Crippen LogP contribution is 2.30. The van der Waals surface area contributed by atoms with E-state index in [0.717, 1.165) is 6.42 Å². The van der Waals surface area contributed by atoms with Gasteiger partial charge in [0.1, 0.15) is 5.56 Å². The van der Waals surface area contributed by atoms with Crippen molar-refractivity contribution in [3.63, 3.8) is 0 Å². The third-order valence-electron chi connectivity index (χ3n) is 3.77. The fraction of sp³-hybridized carbons (Fsp3) is 0.462. The number of amides is 1. The number of nitro groups is 1.